The van der Waals surface area contributed by atoms with E-state index in [1.807, 2.05) is 0 Å². The van der Waals surface area contributed by atoms with Crippen molar-refractivity contribution in [1.82, 2.24) is 10.7 Å². The van der Waals surface area contributed by atoms with E-state index in [2.05, 4.69) is 15.8 Å². The molecule has 2 amide bonds. The van der Waals surface area contributed by atoms with Crippen LogP contribution in [0.5, 0.6) is 11.5 Å². The molecule has 0 fully saturated rings. The normalized spacial score (nSPS) is 10.5. The van der Waals surface area contributed by atoms with Crippen LogP contribution in [0.15, 0.2) is 46.1 Å². The van der Waals surface area contributed by atoms with Crippen molar-refractivity contribution in [3.05, 3.63) is 47.9 Å². The number of aromatic hydroxyl groups is 1. The fourth-order valence-corrected chi connectivity index (χ4v) is 1.76. The number of nitrogens with one attached hydrogen (secondary N) is 2. The molecule has 8 nitrogen and oxygen atoms in total. The zero-order chi connectivity index (χ0) is 17.4. The molecule has 126 valence electrons. The average molecular weight is 331 g/mol. The second-order valence-corrected chi connectivity index (χ2v) is 4.62. The Hall–Kier alpha value is -3.29. The Morgan fingerprint density at radius 1 is 1.33 bits per heavy atom. The molecule has 8 heteroatoms. The van der Waals surface area contributed by atoms with Gasteiger partial charge in [0.25, 0.3) is 0 Å². The van der Waals surface area contributed by atoms with Crippen molar-refractivity contribution >= 4 is 18.0 Å². The second-order valence-electron chi connectivity index (χ2n) is 4.62. The zero-order valence-corrected chi connectivity index (χ0v) is 13.0. The van der Waals surface area contributed by atoms with Gasteiger partial charge in [0, 0.05) is 0 Å². The van der Waals surface area contributed by atoms with Gasteiger partial charge in [0.15, 0.2) is 11.5 Å². The number of ether oxygens (including phenoxy) is 1. The molecule has 24 heavy (non-hydrogen) atoms. The van der Waals surface area contributed by atoms with Crippen LogP contribution in [-0.4, -0.2) is 29.7 Å². The van der Waals surface area contributed by atoms with Crippen LogP contribution in [0.1, 0.15) is 18.2 Å². The quantitative estimate of drug-likeness (QED) is 0.417. The highest BCUT2D eigenvalue weighted by molar-refractivity contribution is 6.35. The summed E-state index contributed by atoms with van der Waals surface area (Å²) >= 11 is 0. The number of nitrogens with zero attached hydrogens (tertiary/aromatic N) is 1. The molecular weight excluding hydrogens is 314 g/mol. The predicted octanol–water partition coefficient (Wildman–Crippen LogP) is 1.15. The smallest absolute Gasteiger partial charge is 0.329 e. The molecule has 2 rings (SSSR count). The predicted molar refractivity (Wildman–Crippen MR) is 85.6 cm³/mol. The van der Waals surface area contributed by atoms with Gasteiger partial charge in [0.1, 0.15) is 5.76 Å². The van der Waals surface area contributed by atoms with Crippen LogP contribution >= 0.6 is 0 Å². The zero-order valence-electron chi connectivity index (χ0n) is 13.0. The lowest BCUT2D eigenvalue weighted by Crippen LogP contribution is -2.37. The highest BCUT2D eigenvalue weighted by Gasteiger charge is 2.12. The number of amides is 2. The summed E-state index contributed by atoms with van der Waals surface area (Å²) in [5, 5.41) is 15.7. The summed E-state index contributed by atoms with van der Waals surface area (Å²) in [5.41, 5.74) is 2.70. The fraction of sp³-hybridized carbons (Fsp3) is 0.188. The first kappa shape index (κ1) is 17.1. The van der Waals surface area contributed by atoms with Crippen molar-refractivity contribution < 1.29 is 23.8 Å². The summed E-state index contributed by atoms with van der Waals surface area (Å²) in [5.74, 6) is -0.877. The van der Waals surface area contributed by atoms with Gasteiger partial charge in [0.2, 0.25) is 0 Å². The Bertz CT molecular complexity index is 725. The number of benzene rings is 1. The molecule has 2 aromatic rings. The van der Waals surface area contributed by atoms with Crippen molar-refractivity contribution in [2.45, 2.75) is 13.5 Å². The molecule has 1 aromatic carbocycles. The van der Waals surface area contributed by atoms with E-state index in [0.717, 1.165) is 0 Å². The molecule has 0 atom stereocenters. The summed E-state index contributed by atoms with van der Waals surface area (Å²) in [4.78, 5) is 23.2. The third-order valence-corrected chi connectivity index (χ3v) is 2.87. The van der Waals surface area contributed by atoms with Crippen molar-refractivity contribution in [1.29, 1.82) is 0 Å². The van der Waals surface area contributed by atoms with E-state index in [4.69, 9.17) is 9.15 Å². The molecule has 0 saturated carbocycles. The van der Waals surface area contributed by atoms with Gasteiger partial charge in [-0.15, -0.1) is 0 Å². The van der Waals surface area contributed by atoms with Crippen molar-refractivity contribution in [3.8, 4) is 11.5 Å². The van der Waals surface area contributed by atoms with Crippen LogP contribution < -0.4 is 15.5 Å². The largest absolute Gasteiger partial charge is 0.504 e. The third-order valence-electron chi connectivity index (χ3n) is 2.87. The van der Waals surface area contributed by atoms with Crippen LogP contribution in [0, 0.1) is 0 Å². The van der Waals surface area contributed by atoms with Gasteiger partial charge < -0.3 is 19.6 Å². The van der Waals surface area contributed by atoms with E-state index < -0.39 is 11.8 Å². The van der Waals surface area contributed by atoms with Gasteiger partial charge in [-0.1, -0.05) is 0 Å². The summed E-state index contributed by atoms with van der Waals surface area (Å²) in [6, 6.07) is 7.96. The lowest BCUT2D eigenvalue weighted by molar-refractivity contribution is -0.139. The highest BCUT2D eigenvalue weighted by atomic mass is 16.5. The van der Waals surface area contributed by atoms with Gasteiger partial charge in [-0.2, -0.15) is 5.10 Å². The Labute approximate surface area is 138 Å². The van der Waals surface area contributed by atoms with Gasteiger partial charge in [-0.3, -0.25) is 9.59 Å². The van der Waals surface area contributed by atoms with Crippen molar-refractivity contribution in [2.75, 3.05) is 6.61 Å². The van der Waals surface area contributed by atoms with E-state index in [-0.39, 0.29) is 12.3 Å². The van der Waals surface area contributed by atoms with E-state index >= 15 is 0 Å². The summed E-state index contributed by atoms with van der Waals surface area (Å²) in [6.45, 7) is 2.31. The van der Waals surface area contributed by atoms with Crippen molar-refractivity contribution in [2.24, 2.45) is 5.10 Å². The average Bonchev–Trinajstić information content (AvgIpc) is 3.09. The van der Waals surface area contributed by atoms with Gasteiger partial charge >= 0.3 is 11.8 Å². The molecule has 3 N–H and O–H groups in total. The molecule has 0 unspecified atom stereocenters. The summed E-state index contributed by atoms with van der Waals surface area (Å²) < 4.78 is 10.3. The Morgan fingerprint density at radius 3 is 2.88 bits per heavy atom. The monoisotopic (exact) mass is 331 g/mol. The van der Waals surface area contributed by atoms with E-state index in [1.165, 1.54) is 18.5 Å². The second kappa shape index (κ2) is 8.37. The maximum atomic E-state index is 11.6. The minimum Gasteiger partial charge on any atom is -0.504 e. The van der Waals surface area contributed by atoms with Crippen LogP contribution in [0.2, 0.25) is 0 Å². The van der Waals surface area contributed by atoms with Crippen LogP contribution in [0.25, 0.3) is 0 Å². The SMILES string of the molecule is CCOc1cc(/C=N/NC(=O)C(=O)NCc2ccco2)ccc1O. The number of furan rings is 1. The molecule has 0 aliphatic carbocycles. The Balaban J connectivity index is 1.85. The van der Waals surface area contributed by atoms with Gasteiger partial charge in [-0.25, -0.2) is 5.43 Å². The first-order valence-electron chi connectivity index (χ1n) is 7.19. The maximum Gasteiger partial charge on any atom is 0.329 e. The molecule has 0 bridgehead atoms. The van der Waals surface area contributed by atoms with Crippen LogP contribution in [0.3, 0.4) is 0 Å². The standard InChI is InChI=1S/C16H17N3O5/c1-2-23-14-8-11(5-6-13(14)20)9-18-19-16(22)15(21)17-10-12-4-3-7-24-12/h3-9,20H,2,10H2,1H3,(H,17,21)(H,19,22)/b18-9+. The lowest BCUT2D eigenvalue weighted by atomic mass is 10.2. The minimum atomic E-state index is -0.901. The number of hydrazone groups is 1. The van der Waals surface area contributed by atoms with E-state index in [0.29, 0.717) is 23.7 Å². The number of rotatable bonds is 6. The molecule has 0 radical (unpaired) electrons. The fourth-order valence-electron chi connectivity index (χ4n) is 1.76. The van der Waals surface area contributed by atoms with Gasteiger partial charge in [-0.05, 0) is 42.8 Å². The number of hydrogen-bond donors (Lipinski definition) is 3. The minimum absolute atomic E-state index is 0.00957. The number of phenols is 1. The number of carbonyl (C=O) groups excluding carboxylic acids is 2. The molecule has 1 heterocycles. The molecule has 0 aliphatic heterocycles. The maximum absolute atomic E-state index is 11.6. The van der Waals surface area contributed by atoms with E-state index in [9.17, 15) is 14.7 Å². The molecule has 0 saturated heterocycles. The summed E-state index contributed by atoms with van der Waals surface area (Å²) in [6.07, 6.45) is 2.81. The number of hydrogen-bond acceptors (Lipinski definition) is 6. The number of phenolic OH excluding ortho intramolecular Hbond substituents is 1. The van der Waals surface area contributed by atoms with Crippen molar-refractivity contribution in [3.63, 3.8) is 0 Å². The first-order valence-corrected chi connectivity index (χ1v) is 7.19. The van der Waals surface area contributed by atoms with Crippen LogP contribution in [0.4, 0.5) is 0 Å². The molecule has 1 aromatic heterocycles. The number of carbonyl (C=O) groups is 2. The third kappa shape index (κ3) is 4.87. The molecular formula is C16H17N3O5. The molecule has 0 spiro atoms. The molecule has 0 aliphatic rings. The topological polar surface area (TPSA) is 113 Å². The lowest BCUT2D eigenvalue weighted by Gasteiger charge is -2.06. The van der Waals surface area contributed by atoms with E-state index in [1.54, 1.807) is 31.2 Å². The van der Waals surface area contributed by atoms with Gasteiger partial charge in [0.05, 0.1) is 25.6 Å². The first-order chi connectivity index (χ1) is 11.6. The van der Waals surface area contributed by atoms with Crippen LogP contribution in [-0.2, 0) is 16.1 Å². The Morgan fingerprint density at radius 2 is 2.17 bits per heavy atom. The highest BCUT2D eigenvalue weighted by Crippen LogP contribution is 2.26. The summed E-state index contributed by atoms with van der Waals surface area (Å²) in [7, 11) is 0. The Kier molecular flexibility index (Phi) is 5.95.